The summed E-state index contributed by atoms with van der Waals surface area (Å²) in [4.78, 5) is 41.5. The van der Waals surface area contributed by atoms with Gasteiger partial charge in [0.2, 0.25) is 0 Å². The highest BCUT2D eigenvalue weighted by atomic mass is 16.7. The fraction of sp³-hybridized carbons (Fsp3) is 0.258. The molecule has 2 aliphatic heterocycles. The van der Waals surface area contributed by atoms with E-state index in [2.05, 4.69) is 10.6 Å². The molecule has 2 amide bonds. The fourth-order valence-corrected chi connectivity index (χ4v) is 6.25. The van der Waals surface area contributed by atoms with E-state index in [0.29, 0.717) is 5.70 Å². The maximum absolute atomic E-state index is 14.3. The molecular formula is C31H28N2O5. The number of amides is 2. The minimum atomic E-state index is -1.71. The summed E-state index contributed by atoms with van der Waals surface area (Å²) >= 11 is 0. The molecule has 6 rings (SSSR count). The molecule has 1 saturated heterocycles. The molecule has 3 aromatic rings. The Balaban J connectivity index is 1.67. The lowest BCUT2D eigenvalue weighted by Gasteiger charge is -2.53. The molecule has 7 nitrogen and oxygen atoms in total. The van der Waals surface area contributed by atoms with Gasteiger partial charge in [0.15, 0.2) is 5.41 Å². The van der Waals surface area contributed by atoms with E-state index < -0.39 is 41.0 Å². The number of urea groups is 1. The minimum absolute atomic E-state index is 0.254. The Bertz CT molecular complexity index is 1410. The molecule has 3 aliphatic rings. The third kappa shape index (κ3) is 3.69. The summed E-state index contributed by atoms with van der Waals surface area (Å²) in [6.45, 7) is 3.13. The van der Waals surface area contributed by atoms with Crippen molar-refractivity contribution in [2.75, 3.05) is 0 Å². The second kappa shape index (κ2) is 8.87. The number of rotatable bonds is 3. The van der Waals surface area contributed by atoms with Crippen molar-refractivity contribution in [3.8, 4) is 0 Å². The van der Waals surface area contributed by atoms with Crippen LogP contribution in [-0.2, 0) is 19.1 Å². The Hall–Kier alpha value is -4.39. The predicted octanol–water partition coefficient (Wildman–Crippen LogP) is 5.09. The molecule has 38 heavy (non-hydrogen) atoms. The second-order valence-electron chi connectivity index (χ2n) is 10.4. The van der Waals surface area contributed by atoms with Gasteiger partial charge in [-0.25, -0.2) is 4.79 Å². The monoisotopic (exact) mass is 508 g/mol. The Labute approximate surface area is 220 Å². The van der Waals surface area contributed by atoms with E-state index in [0.717, 1.165) is 22.3 Å². The molecule has 0 bridgehead atoms. The van der Waals surface area contributed by atoms with Crippen LogP contribution in [0.25, 0.3) is 0 Å². The van der Waals surface area contributed by atoms with Gasteiger partial charge < -0.3 is 20.1 Å². The summed E-state index contributed by atoms with van der Waals surface area (Å²) < 4.78 is 11.7. The molecule has 1 spiro atoms. The number of hydrogen-bond acceptors (Lipinski definition) is 5. The van der Waals surface area contributed by atoms with Gasteiger partial charge in [0.25, 0.3) is 5.79 Å². The van der Waals surface area contributed by atoms with Crippen LogP contribution in [0.5, 0.6) is 0 Å². The first-order chi connectivity index (χ1) is 18.3. The van der Waals surface area contributed by atoms with Crippen molar-refractivity contribution in [2.24, 2.45) is 5.41 Å². The van der Waals surface area contributed by atoms with E-state index in [-0.39, 0.29) is 12.5 Å². The first-order valence-corrected chi connectivity index (χ1v) is 12.7. The van der Waals surface area contributed by atoms with Crippen LogP contribution in [0.4, 0.5) is 4.79 Å². The Morgan fingerprint density at radius 1 is 0.711 bits per heavy atom. The van der Waals surface area contributed by atoms with E-state index in [9.17, 15) is 14.4 Å². The van der Waals surface area contributed by atoms with Gasteiger partial charge in [-0.15, -0.1) is 0 Å². The van der Waals surface area contributed by atoms with Crippen LogP contribution >= 0.6 is 0 Å². The molecule has 0 radical (unpaired) electrons. The van der Waals surface area contributed by atoms with Crippen LogP contribution in [0.1, 0.15) is 54.8 Å². The summed E-state index contributed by atoms with van der Waals surface area (Å²) in [6, 6.07) is 27.6. The van der Waals surface area contributed by atoms with Crippen molar-refractivity contribution in [1.82, 2.24) is 10.6 Å². The highest BCUT2D eigenvalue weighted by molar-refractivity contribution is 6.05. The van der Waals surface area contributed by atoms with Gasteiger partial charge in [-0.05, 0) is 28.7 Å². The molecule has 192 valence electrons. The molecular weight excluding hydrogens is 480 g/mol. The maximum Gasteiger partial charge on any atom is 0.328 e. The molecule has 3 unspecified atom stereocenters. The van der Waals surface area contributed by atoms with Crippen LogP contribution in [0.2, 0.25) is 0 Å². The average molecular weight is 509 g/mol. The molecule has 1 aliphatic carbocycles. The standard InChI is InChI=1S/C31H28N2O5/c1-30(2)37-27(34)31(28(35)38-30)22(19-12-6-3-7-13-19)18-23-24(25(31)20-14-8-4-9-15-20)26(33-29(36)32-23)21-16-10-5-11-17-21/h3-17,22,25-26H,18H2,1-2H3,(H2,32,33,36). The second-order valence-corrected chi connectivity index (χ2v) is 10.4. The molecule has 0 aromatic heterocycles. The molecule has 7 heteroatoms. The summed E-state index contributed by atoms with van der Waals surface area (Å²) in [5.74, 6) is -4.06. The zero-order chi connectivity index (χ0) is 26.5. The summed E-state index contributed by atoms with van der Waals surface area (Å²) in [5, 5.41) is 6.05. The Morgan fingerprint density at radius 3 is 1.76 bits per heavy atom. The van der Waals surface area contributed by atoms with Crippen molar-refractivity contribution in [2.45, 2.75) is 43.9 Å². The minimum Gasteiger partial charge on any atom is -0.422 e. The van der Waals surface area contributed by atoms with E-state index in [1.54, 1.807) is 13.8 Å². The zero-order valence-electron chi connectivity index (χ0n) is 21.1. The quantitative estimate of drug-likeness (QED) is 0.380. The molecule has 3 aromatic carbocycles. The van der Waals surface area contributed by atoms with E-state index >= 15 is 0 Å². The van der Waals surface area contributed by atoms with Crippen LogP contribution in [-0.4, -0.2) is 23.8 Å². The number of nitrogens with one attached hydrogen (secondary N) is 2. The lowest BCUT2D eigenvalue weighted by atomic mass is 9.53. The molecule has 2 N–H and O–H groups in total. The number of ether oxygens (including phenoxy) is 2. The average Bonchev–Trinajstić information content (AvgIpc) is 2.91. The topological polar surface area (TPSA) is 93.7 Å². The normalized spacial score (nSPS) is 25.5. The van der Waals surface area contributed by atoms with Crippen molar-refractivity contribution in [3.05, 3.63) is 119 Å². The number of carbonyl (C=O) groups excluding carboxylic acids is 3. The van der Waals surface area contributed by atoms with Crippen LogP contribution < -0.4 is 10.6 Å². The number of allylic oxidation sites excluding steroid dienone is 1. The lowest BCUT2D eigenvalue weighted by molar-refractivity contribution is -0.255. The fourth-order valence-electron chi connectivity index (χ4n) is 6.25. The molecule has 1 fully saturated rings. The van der Waals surface area contributed by atoms with Gasteiger partial charge in [-0.3, -0.25) is 9.59 Å². The Kier molecular flexibility index (Phi) is 5.60. The summed E-state index contributed by atoms with van der Waals surface area (Å²) in [5.41, 5.74) is 2.13. The third-order valence-electron chi connectivity index (χ3n) is 7.74. The number of hydrogen-bond donors (Lipinski definition) is 2. The van der Waals surface area contributed by atoms with Crippen molar-refractivity contribution in [1.29, 1.82) is 0 Å². The lowest BCUT2D eigenvalue weighted by Crippen LogP contribution is -2.62. The van der Waals surface area contributed by atoms with Crippen molar-refractivity contribution in [3.63, 3.8) is 0 Å². The molecule has 0 saturated carbocycles. The third-order valence-corrected chi connectivity index (χ3v) is 7.74. The van der Waals surface area contributed by atoms with Crippen LogP contribution in [0, 0.1) is 5.41 Å². The first kappa shape index (κ1) is 24.0. The Morgan fingerprint density at radius 2 is 1.21 bits per heavy atom. The van der Waals surface area contributed by atoms with Crippen molar-refractivity contribution >= 4 is 18.0 Å². The van der Waals surface area contributed by atoms with Crippen LogP contribution in [0.15, 0.2) is 102 Å². The van der Waals surface area contributed by atoms with Gasteiger partial charge in [-0.2, -0.15) is 0 Å². The number of benzene rings is 3. The maximum atomic E-state index is 14.3. The van der Waals surface area contributed by atoms with Gasteiger partial charge >= 0.3 is 18.0 Å². The summed E-state index contributed by atoms with van der Waals surface area (Å²) in [6.07, 6.45) is 0.254. The van der Waals surface area contributed by atoms with E-state index in [1.165, 1.54) is 0 Å². The summed E-state index contributed by atoms with van der Waals surface area (Å²) in [7, 11) is 0. The number of esters is 2. The highest BCUT2D eigenvalue weighted by Crippen LogP contribution is 2.62. The SMILES string of the molecule is CC1(C)OC(=O)C2(C(=O)O1)C(c1ccccc1)CC1=C(C(c3ccccc3)NC(=O)N1)C2c1ccccc1. The number of carbonyl (C=O) groups is 3. The first-order valence-electron chi connectivity index (χ1n) is 12.7. The van der Waals surface area contributed by atoms with Gasteiger partial charge in [0.1, 0.15) is 0 Å². The van der Waals surface area contributed by atoms with E-state index in [1.807, 2.05) is 91.0 Å². The number of cyclic esters (lactones) is 2. The predicted molar refractivity (Wildman–Crippen MR) is 140 cm³/mol. The zero-order valence-corrected chi connectivity index (χ0v) is 21.1. The molecule has 2 heterocycles. The van der Waals surface area contributed by atoms with E-state index in [4.69, 9.17) is 9.47 Å². The molecule has 3 atom stereocenters. The van der Waals surface area contributed by atoms with Gasteiger partial charge in [-0.1, -0.05) is 91.0 Å². The largest absolute Gasteiger partial charge is 0.422 e. The van der Waals surface area contributed by atoms with Crippen LogP contribution in [0.3, 0.4) is 0 Å². The van der Waals surface area contributed by atoms with Gasteiger partial charge in [0.05, 0.1) is 6.04 Å². The van der Waals surface area contributed by atoms with Gasteiger partial charge in [0, 0.05) is 31.4 Å². The van der Waals surface area contributed by atoms with Crippen molar-refractivity contribution < 1.29 is 23.9 Å². The highest BCUT2D eigenvalue weighted by Gasteiger charge is 2.68. The smallest absolute Gasteiger partial charge is 0.328 e.